The topological polar surface area (TPSA) is 97.6 Å². The van der Waals surface area contributed by atoms with Crippen LogP contribution in [0.4, 0.5) is 17.3 Å². The van der Waals surface area contributed by atoms with Crippen LogP contribution in [0.25, 0.3) is 11.3 Å². The summed E-state index contributed by atoms with van der Waals surface area (Å²) in [5.74, 6) is 1.39. The highest BCUT2D eigenvalue weighted by molar-refractivity contribution is 6.04. The molecule has 8 heteroatoms. The number of pyridine rings is 1. The molecule has 0 atom stereocenters. The Hall–Kier alpha value is -4.07. The van der Waals surface area contributed by atoms with Gasteiger partial charge in [0.1, 0.15) is 18.0 Å². The number of amides is 1. The second-order valence-corrected chi connectivity index (χ2v) is 7.84. The fraction of sp³-hybridized carbons (Fsp3) is 0.208. The van der Waals surface area contributed by atoms with Crippen molar-refractivity contribution in [1.82, 2.24) is 24.7 Å². The van der Waals surface area contributed by atoms with E-state index in [2.05, 4.69) is 44.5 Å². The average Bonchev–Trinajstić information content (AvgIpc) is 3.16. The van der Waals surface area contributed by atoms with Gasteiger partial charge in [0.15, 0.2) is 0 Å². The number of carbonyl (C=O) groups is 1. The maximum Gasteiger partial charge on any atom is 0.256 e. The van der Waals surface area contributed by atoms with Gasteiger partial charge in [-0.3, -0.25) is 9.48 Å². The van der Waals surface area contributed by atoms with Crippen LogP contribution in [0.3, 0.4) is 0 Å². The van der Waals surface area contributed by atoms with Gasteiger partial charge in [-0.1, -0.05) is 19.9 Å². The molecule has 1 amide bonds. The number of aryl methyl sites for hydroxylation is 2. The Morgan fingerprint density at radius 2 is 1.91 bits per heavy atom. The molecule has 0 saturated carbocycles. The molecule has 0 fully saturated rings. The van der Waals surface area contributed by atoms with Crippen LogP contribution in [0.1, 0.15) is 41.4 Å². The van der Waals surface area contributed by atoms with Gasteiger partial charge in [0.05, 0.1) is 11.4 Å². The highest BCUT2D eigenvalue weighted by Crippen LogP contribution is 2.28. The number of nitrogens with zero attached hydrogens (tertiary/aromatic N) is 5. The molecule has 0 unspecified atom stereocenters. The van der Waals surface area contributed by atoms with Crippen LogP contribution in [0.2, 0.25) is 0 Å². The summed E-state index contributed by atoms with van der Waals surface area (Å²) in [6.07, 6.45) is 4.91. The van der Waals surface area contributed by atoms with E-state index in [0.29, 0.717) is 17.2 Å². The summed E-state index contributed by atoms with van der Waals surface area (Å²) in [5, 5.41) is 10.8. The lowest BCUT2D eigenvalue weighted by Crippen LogP contribution is -2.15. The van der Waals surface area contributed by atoms with Crippen LogP contribution in [0, 0.1) is 6.92 Å². The number of carbonyl (C=O) groups excluding carboxylic acids is 1. The van der Waals surface area contributed by atoms with Crippen molar-refractivity contribution >= 4 is 23.2 Å². The molecule has 0 radical (unpaired) electrons. The molecule has 4 aromatic rings. The van der Waals surface area contributed by atoms with Crippen LogP contribution >= 0.6 is 0 Å². The summed E-state index contributed by atoms with van der Waals surface area (Å²) in [4.78, 5) is 25.7. The molecule has 3 heterocycles. The van der Waals surface area contributed by atoms with Gasteiger partial charge >= 0.3 is 0 Å². The predicted octanol–water partition coefficient (Wildman–Crippen LogP) is 4.70. The number of nitrogens with one attached hydrogen (secondary N) is 2. The zero-order valence-corrected chi connectivity index (χ0v) is 18.5. The van der Waals surface area contributed by atoms with E-state index in [4.69, 9.17) is 0 Å². The number of rotatable bonds is 6. The van der Waals surface area contributed by atoms with Crippen LogP contribution < -0.4 is 10.6 Å². The zero-order chi connectivity index (χ0) is 22.7. The molecule has 0 aliphatic carbocycles. The van der Waals surface area contributed by atoms with Crippen LogP contribution in [0.5, 0.6) is 0 Å². The van der Waals surface area contributed by atoms with Crippen molar-refractivity contribution in [2.45, 2.75) is 26.7 Å². The smallest absolute Gasteiger partial charge is 0.256 e. The SMILES string of the molecule is Cc1ccc(C(=O)Nc2cc(C(C)C)nn2C)cc1Nc1ncccc1-c1ccncn1. The Kier molecular flexibility index (Phi) is 5.93. The van der Waals surface area contributed by atoms with Gasteiger partial charge < -0.3 is 10.6 Å². The Morgan fingerprint density at radius 3 is 2.62 bits per heavy atom. The van der Waals surface area contributed by atoms with Gasteiger partial charge in [-0.05, 0) is 48.7 Å². The third-order valence-electron chi connectivity index (χ3n) is 5.15. The molecule has 0 aliphatic rings. The average molecular weight is 428 g/mol. The van der Waals surface area contributed by atoms with Crippen molar-refractivity contribution < 1.29 is 4.79 Å². The highest BCUT2D eigenvalue weighted by Gasteiger charge is 2.15. The molecule has 0 saturated heterocycles. The Bertz CT molecular complexity index is 1250. The van der Waals surface area contributed by atoms with Crippen LogP contribution in [-0.2, 0) is 7.05 Å². The molecule has 4 rings (SSSR count). The lowest BCUT2D eigenvalue weighted by Gasteiger charge is -2.14. The van der Waals surface area contributed by atoms with Gasteiger partial charge in [-0.2, -0.15) is 5.10 Å². The molecule has 0 spiro atoms. The quantitative estimate of drug-likeness (QED) is 0.463. The van der Waals surface area contributed by atoms with Gasteiger partial charge in [0.2, 0.25) is 0 Å². The molecule has 162 valence electrons. The maximum atomic E-state index is 12.9. The summed E-state index contributed by atoms with van der Waals surface area (Å²) < 4.78 is 1.68. The van der Waals surface area contributed by atoms with Crippen molar-refractivity contribution in [2.75, 3.05) is 10.6 Å². The van der Waals surface area contributed by atoms with Crippen LogP contribution in [-0.4, -0.2) is 30.6 Å². The normalized spacial score (nSPS) is 10.9. The van der Waals surface area contributed by atoms with E-state index in [9.17, 15) is 4.79 Å². The minimum Gasteiger partial charge on any atom is -0.339 e. The molecule has 0 bridgehead atoms. The first kappa shape index (κ1) is 21.2. The fourth-order valence-electron chi connectivity index (χ4n) is 3.26. The first-order valence-corrected chi connectivity index (χ1v) is 10.4. The number of anilines is 3. The third kappa shape index (κ3) is 4.49. The molecular weight excluding hydrogens is 402 g/mol. The van der Waals surface area contributed by atoms with E-state index >= 15 is 0 Å². The third-order valence-corrected chi connectivity index (χ3v) is 5.15. The lowest BCUT2D eigenvalue weighted by molar-refractivity contribution is 0.102. The van der Waals surface area contributed by atoms with E-state index in [1.165, 1.54) is 6.33 Å². The first-order valence-electron chi connectivity index (χ1n) is 10.4. The summed E-state index contributed by atoms with van der Waals surface area (Å²) in [5.41, 5.74) is 4.86. The lowest BCUT2D eigenvalue weighted by atomic mass is 10.1. The summed E-state index contributed by atoms with van der Waals surface area (Å²) >= 11 is 0. The second kappa shape index (κ2) is 8.97. The van der Waals surface area contributed by atoms with Crippen LogP contribution in [0.15, 0.2) is 61.2 Å². The van der Waals surface area contributed by atoms with E-state index in [-0.39, 0.29) is 11.8 Å². The molecule has 0 aliphatic heterocycles. The Labute approximate surface area is 186 Å². The van der Waals surface area contributed by atoms with E-state index in [1.54, 1.807) is 23.1 Å². The predicted molar refractivity (Wildman–Crippen MR) is 125 cm³/mol. The fourth-order valence-corrected chi connectivity index (χ4v) is 3.26. The van der Waals surface area contributed by atoms with Crippen molar-refractivity contribution in [1.29, 1.82) is 0 Å². The summed E-state index contributed by atoms with van der Waals surface area (Å²) in [6.45, 7) is 6.12. The van der Waals surface area contributed by atoms with E-state index in [0.717, 1.165) is 28.2 Å². The van der Waals surface area contributed by atoms with Gasteiger partial charge in [-0.15, -0.1) is 0 Å². The van der Waals surface area contributed by atoms with Crippen molar-refractivity contribution in [3.8, 4) is 11.3 Å². The summed E-state index contributed by atoms with van der Waals surface area (Å²) in [6, 6.07) is 13.1. The highest BCUT2D eigenvalue weighted by atomic mass is 16.1. The number of benzene rings is 1. The minimum atomic E-state index is -0.205. The maximum absolute atomic E-state index is 12.9. The first-order chi connectivity index (χ1) is 15.4. The van der Waals surface area contributed by atoms with E-state index in [1.807, 2.05) is 50.4 Å². The van der Waals surface area contributed by atoms with Crippen molar-refractivity contribution in [3.63, 3.8) is 0 Å². The number of hydrogen-bond donors (Lipinski definition) is 2. The monoisotopic (exact) mass is 427 g/mol. The second-order valence-electron chi connectivity index (χ2n) is 7.84. The van der Waals surface area contributed by atoms with Gasteiger partial charge in [-0.25, -0.2) is 15.0 Å². The van der Waals surface area contributed by atoms with Crippen molar-refractivity contribution in [3.05, 3.63) is 78.0 Å². The van der Waals surface area contributed by atoms with E-state index < -0.39 is 0 Å². The largest absolute Gasteiger partial charge is 0.339 e. The molecule has 8 nitrogen and oxygen atoms in total. The number of hydrogen-bond acceptors (Lipinski definition) is 6. The molecule has 32 heavy (non-hydrogen) atoms. The standard InChI is InChI=1S/C24H25N7O/c1-15(2)20-13-22(31(4)30-20)29-24(32)17-8-7-16(3)21(12-17)28-23-18(6-5-10-26-23)19-9-11-25-14-27-19/h5-15H,1-4H3,(H,26,28)(H,29,32). The molecule has 3 aromatic heterocycles. The molecule has 2 N–H and O–H groups in total. The zero-order valence-electron chi connectivity index (χ0n) is 18.5. The Morgan fingerprint density at radius 1 is 1.06 bits per heavy atom. The summed E-state index contributed by atoms with van der Waals surface area (Å²) in [7, 11) is 1.82. The molecule has 1 aromatic carbocycles. The number of aromatic nitrogens is 5. The van der Waals surface area contributed by atoms with Gasteiger partial charge in [0.25, 0.3) is 5.91 Å². The van der Waals surface area contributed by atoms with Crippen molar-refractivity contribution in [2.24, 2.45) is 7.05 Å². The minimum absolute atomic E-state index is 0.205. The molecular formula is C24H25N7O. The Balaban J connectivity index is 1.60. The van der Waals surface area contributed by atoms with Gasteiger partial charge in [0, 0.05) is 42.3 Å².